The zero-order chi connectivity index (χ0) is 19.3. The average molecular weight is 362 g/mol. The van der Waals surface area contributed by atoms with Crippen LogP contribution in [0.2, 0.25) is 0 Å². The summed E-state index contributed by atoms with van der Waals surface area (Å²) >= 11 is 0. The number of nitrogens with one attached hydrogen (secondary N) is 1. The van der Waals surface area contributed by atoms with E-state index in [1.807, 2.05) is 0 Å². The van der Waals surface area contributed by atoms with Crippen molar-refractivity contribution in [3.8, 4) is 11.5 Å². The van der Waals surface area contributed by atoms with E-state index in [0.29, 0.717) is 17.1 Å². The second-order valence-corrected chi connectivity index (χ2v) is 5.19. The maximum Gasteiger partial charge on any atom is 0.344 e. The number of rotatable bonds is 6. The topological polar surface area (TPSA) is 111 Å². The van der Waals surface area contributed by atoms with Gasteiger partial charge in [0.05, 0.1) is 13.7 Å². The van der Waals surface area contributed by atoms with E-state index in [9.17, 15) is 19.2 Å². The first-order chi connectivity index (χ1) is 12.4. The van der Waals surface area contributed by atoms with Crippen LogP contribution in [0.4, 0.5) is 4.79 Å². The Morgan fingerprint density at radius 3 is 2.62 bits per heavy atom. The second-order valence-electron chi connectivity index (χ2n) is 5.19. The second kappa shape index (κ2) is 8.15. The predicted molar refractivity (Wildman–Crippen MR) is 89.4 cm³/mol. The van der Waals surface area contributed by atoms with Crippen molar-refractivity contribution in [2.24, 2.45) is 0 Å². The van der Waals surface area contributed by atoms with Crippen LogP contribution in [-0.2, 0) is 19.1 Å². The smallest absolute Gasteiger partial charge is 0.344 e. The minimum atomic E-state index is -0.780. The lowest BCUT2D eigenvalue weighted by Gasteiger charge is -2.22. The summed E-state index contributed by atoms with van der Waals surface area (Å²) in [7, 11) is 2.68. The highest BCUT2D eigenvalue weighted by atomic mass is 16.6. The number of esters is 1. The number of nitrogens with zero attached hydrogens (tertiary/aromatic N) is 1. The number of barbiturate groups is 1. The number of hydrogen-bond donors (Lipinski definition) is 1. The summed E-state index contributed by atoms with van der Waals surface area (Å²) in [6.45, 7) is 1.66. The summed E-state index contributed by atoms with van der Waals surface area (Å²) in [5, 5.41) is 2.07. The van der Waals surface area contributed by atoms with Gasteiger partial charge < -0.3 is 14.2 Å². The summed E-state index contributed by atoms with van der Waals surface area (Å²) in [6.07, 6.45) is 1.33. The number of imide groups is 2. The van der Waals surface area contributed by atoms with Crippen LogP contribution in [0.1, 0.15) is 12.5 Å². The van der Waals surface area contributed by atoms with Crippen LogP contribution < -0.4 is 14.8 Å². The molecule has 1 saturated heterocycles. The Labute approximate surface area is 149 Å². The molecule has 9 nitrogen and oxygen atoms in total. The van der Waals surface area contributed by atoms with E-state index in [1.165, 1.54) is 32.4 Å². The first-order valence-electron chi connectivity index (χ1n) is 7.68. The van der Waals surface area contributed by atoms with Crippen molar-refractivity contribution < 1.29 is 33.4 Å². The fourth-order valence-electron chi connectivity index (χ4n) is 2.14. The minimum Gasteiger partial charge on any atom is -0.493 e. The third-order valence-corrected chi connectivity index (χ3v) is 3.45. The molecule has 1 heterocycles. The Hall–Kier alpha value is -3.36. The van der Waals surface area contributed by atoms with Gasteiger partial charge in [0, 0.05) is 7.05 Å². The molecule has 0 spiro atoms. The number of carbonyl (C=O) groups excluding carboxylic acids is 4. The molecule has 1 aliphatic heterocycles. The molecule has 2 rings (SSSR count). The van der Waals surface area contributed by atoms with Crippen molar-refractivity contribution in [1.29, 1.82) is 0 Å². The number of likely N-dealkylation sites (N-methyl/N-ethyl adjacent to an activating group) is 1. The Morgan fingerprint density at radius 1 is 1.23 bits per heavy atom. The quantitative estimate of drug-likeness (QED) is 0.451. The van der Waals surface area contributed by atoms with Crippen molar-refractivity contribution in [3.05, 3.63) is 29.3 Å². The Bertz CT molecular complexity index is 785. The number of carbonyl (C=O) groups is 4. The molecule has 0 aromatic heterocycles. The van der Waals surface area contributed by atoms with Gasteiger partial charge in [-0.1, -0.05) is 6.07 Å². The zero-order valence-electron chi connectivity index (χ0n) is 14.5. The fraction of sp³-hybridized carbons (Fsp3) is 0.294. The molecule has 0 unspecified atom stereocenters. The predicted octanol–water partition coefficient (Wildman–Crippen LogP) is 0.729. The van der Waals surface area contributed by atoms with E-state index in [4.69, 9.17) is 14.2 Å². The van der Waals surface area contributed by atoms with Crippen LogP contribution in [0.3, 0.4) is 0 Å². The monoisotopic (exact) mass is 362 g/mol. The van der Waals surface area contributed by atoms with Gasteiger partial charge in [-0.3, -0.25) is 19.8 Å². The molecule has 0 saturated carbocycles. The number of hydrogen-bond acceptors (Lipinski definition) is 7. The van der Waals surface area contributed by atoms with Gasteiger partial charge in [-0.05, 0) is 30.7 Å². The van der Waals surface area contributed by atoms with Crippen molar-refractivity contribution in [2.75, 3.05) is 27.4 Å². The average Bonchev–Trinajstić information content (AvgIpc) is 2.62. The molecular weight excluding hydrogens is 344 g/mol. The molecule has 138 valence electrons. The number of urea groups is 1. The molecule has 26 heavy (non-hydrogen) atoms. The van der Waals surface area contributed by atoms with E-state index in [1.54, 1.807) is 13.0 Å². The van der Waals surface area contributed by atoms with Gasteiger partial charge in [0.2, 0.25) is 0 Å². The third kappa shape index (κ3) is 4.18. The molecule has 0 radical (unpaired) electrons. The van der Waals surface area contributed by atoms with E-state index in [2.05, 4.69) is 5.32 Å². The van der Waals surface area contributed by atoms with Crippen molar-refractivity contribution >= 4 is 29.9 Å². The Morgan fingerprint density at radius 2 is 1.96 bits per heavy atom. The number of methoxy groups -OCH3 is 1. The maximum absolute atomic E-state index is 12.1. The van der Waals surface area contributed by atoms with E-state index in [0.717, 1.165) is 4.90 Å². The Kier molecular flexibility index (Phi) is 5.94. The fourth-order valence-corrected chi connectivity index (χ4v) is 2.14. The molecule has 1 aromatic rings. The highest BCUT2D eigenvalue weighted by Crippen LogP contribution is 2.29. The van der Waals surface area contributed by atoms with E-state index in [-0.39, 0.29) is 18.8 Å². The molecule has 4 amide bonds. The molecule has 0 aliphatic carbocycles. The molecule has 0 bridgehead atoms. The molecule has 1 fully saturated rings. The number of ether oxygens (including phenoxy) is 3. The maximum atomic E-state index is 12.1. The van der Waals surface area contributed by atoms with Gasteiger partial charge in [-0.2, -0.15) is 0 Å². The summed E-state index contributed by atoms with van der Waals surface area (Å²) in [5.41, 5.74) is 0.293. The lowest BCUT2D eigenvalue weighted by Crippen LogP contribution is -2.52. The molecular formula is C17H18N2O7. The van der Waals surface area contributed by atoms with Crippen LogP contribution in [0, 0.1) is 0 Å². The molecule has 1 N–H and O–H groups in total. The van der Waals surface area contributed by atoms with Gasteiger partial charge >= 0.3 is 12.0 Å². The summed E-state index contributed by atoms with van der Waals surface area (Å²) in [6, 6.07) is 3.86. The highest BCUT2D eigenvalue weighted by Gasteiger charge is 2.33. The van der Waals surface area contributed by atoms with Crippen LogP contribution in [0.15, 0.2) is 23.8 Å². The molecule has 1 aliphatic rings. The van der Waals surface area contributed by atoms with Crippen molar-refractivity contribution in [3.63, 3.8) is 0 Å². The lowest BCUT2D eigenvalue weighted by molar-refractivity contribution is -0.145. The highest BCUT2D eigenvalue weighted by molar-refractivity contribution is 6.30. The van der Waals surface area contributed by atoms with Crippen LogP contribution >= 0.6 is 0 Å². The first kappa shape index (κ1) is 19.0. The number of amides is 4. The first-order valence-corrected chi connectivity index (χ1v) is 7.68. The largest absolute Gasteiger partial charge is 0.493 e. The van der Waals surface area contributed by atoms with Gasteiger partial charge in [0.25, 0.3) is 11.8 Å². The van der Waals surface area contributed by atoms with Crippen LogP contribution in [0.25, 0.3) is 6.08 Å². The van der Waals surface area contributed by atoms with Gasteiger partial charge in [-0.25, -0.2) is 9.59 Å². The van der Waals surface area contributed by atoms with E-state index >= 15 is 0 Å². The summed E-state index contributed by atoms with van der Waals surface area (Å²) < 4.78 is 15.3. The van der Waals surface area contributed by atoms with Crippen LogP contribution in [0.5, 0.6) is 11.5 Å². The lowest BCUT2D eigenvalue weighted by atomic mass is 10.1. The summed E-state index contributed by atoms with van der Waals surface area (Å²) in [5.74, 6) is -1.40. The molecule has 0 atom stereocenters. The van der Waals surface area contributed by atoms with Gasteiger partial charge in [-0.15, -0.1) is 0 Å². The SMILES string of the molecule is CCOC(=O)COc1ccc(/C=C2/C(=O)NC(=O)N(C)C2=O)cc1OC. The van der Waals surface area contributed by atoms with Gasteiger partial charge in [0.15, 0.2) is 18.1 Å². The van der Waals surface area contributed by atoms with Crippen molar-refractivity contribution in [2.45, 2.75) is 6.92 Å². The third-order valence-electron chi connectivity index (χ3n) is 3.45. The normalized spacial score (nSPS) is 15.7. The zero-order valence-corrected chi connectivity index (χ0v) is 14.5. The van der Waals surface area contributed by atoms with Crippen LogP contribution in [-0.4, -0.2) is 56.1 Å². The molecule has 1 aromatic carbocycles. The molecule has 9 heteroatoms. The minimum absolute atomic E-state index is 0.186. The summed E-state index contributed by atoms with van der Waals surface area (Å²) in [4.78, 5) is 47.5. The number of benzene rings is 1. The van der Waals surface area contributed by atoms with Gasteiger partial charge in [0.1, 0.15) is 5.57 Å². The van der Waals surface area contributed by atoms with E-state index < -0.39 is 23.8 Å². The standard InChI is InChI=1S/C17H18N2O7/c1-4-25-14(20)9-26-12-6-5-10(8-13(12)24-3)7-11-15(21)18-17(23)19(2)16(11)22/h5-8H,4,9H2,1-3H3,(H,18,21,23)/b11-7-. The van der Waals surface area contributed by atoms with Crippen molar-refractivity contribution in [1.82, 2.24) is 10.2 Å². The Balaban J connectivity index is 2.23.